The van der Waals surface area contributed by atoms with Gasteiger partial charge in [0.25, 0.3) is 5.69 Å². The number of amides is 1. The summed E-state index contributed by atoms with van der Waals surface area (Å²) in [6.45, 7) is 0.245. The van der Waals surface area contributed by atoms with E-state index in [0.717, 1.165) is 17.5 Å². The van der Waals surface area contributed by atoms with Crippen LogP contribution < -0.4 is 5.32 Å². The van der Waals surface area contributed by atoms with Crippen LogP contribution in [0, 0.1) is 16.0 Å². The third-order valence-electron chi connectivity index (χ3n) is 5.10. The standard InChI is InChI=1S/C20H18N4O5S/c25-20(22-18-5-1-3-14-4-2-11-21-19(14)18)15-10-12-23(13-15)30(28,29)17-8-6-16(7-9-17)24(26)27/h1-9,11,15H,10,12-13H2,(H,22,25). The van der Waals surface area contributed by atoms with E-state index in [1.165, 1.54) is 16.4 Å². The van der Waals surface area contributed by atoms with Crippen molar-refractivity contribution in [2.45, 2.75) is 11.3 Å². The van der Waals surface area contributed by atoms with Gasteiger partial charge in [-0.1, -0.05) is 18.2 Å². The molecule has 9 nitrogen and oxygen atoms in total. The molecule has 0 spiro atoms. The molecule has 1 unspecified atom stereocenters. The number of sulfonamides is 1. The van der Waals surface area contributed by atoms with E-state index in [-0.39, 0.29) is 29.6 Å². The molecule has 10 heteroatoms. The van der Waals surface area contributed by atoms with Crippen LogP contribution in [0.5, 0.6) is 0 Å². The number of nitro groups is 1. The van der Waals surface area contributed by atoms with Crippen molar-refractivity contribution in [1.29, 1.82) is 0 Å². The molecule has 1 atom stereocenters. The zero-order valence-electron chi connectivity index (χ0n) is 15.8. The van der Waals surface area contributed by atoms with Gasteiger partial charge in [0.05, 0.1) is 26.9 Å². The van der Waals surface area contributed by atoms with Gasteiger partial charge in [0.1, 0.15) is 0 Å². The number of carbonyl (C=O) groups excluding carboxylic acids is 1. The Bertz CT molecular complexity index is 1220. The van der Waals surface area contributed by atoms with Gasteiger partial charge in [0, 0.05) is 36.8 Å². The summed E-state index contributed by atoms with van der Waals surface area (Å²) in [4.78, 5) is 27.2. The molecule has 1 fully saturated rings. The molecule has 4 rings (SSSR count). The minimum absolute atomic E-state index is 0.0348. The van der Waals surface area contributed by atoms with Crippen LogP contribution in [0.1, 0.15) is 6.42 Å². The summed E-state index contributed by atoms with van der Waals surface area (Å²) in [5, 5.41) is 14.5. The zero-order valence-corrected chi connectivity index (χ0v) is 16.6. The number of aromatic nitrogens is 1. The smallest absolute Gasteiger partial charge is 0.269 e. The van der Waals surface area contributed by atoms with Crippen LogP contribution in [-0.2, 0) is 14.8 Å². The Morgan fingerprint density at radius 3 is 2.60 bits per heavy atom. The number of fused-ring (bicyclic) bond motifs is 1. The number of hydrogen-bond acceptors (Lipinski definition) is 6. The van der Waals surface area contributed by atoms with E-state index in [2.05, 4.69) is 10.3 Å². The highest BCUT2D eigenvalue weighted by Crippen LogP contribution is 2.27. The van der Waals surface area contributed by atoms with Gasteiger partial charge in [0.15, 0.2) is 0 Å². The lowest BCUT2D eigenvalue weighted by Gasteiger charge is -2.17. The number of benzene rings is 2. The number of non-ortho nitro benzene ring substituents is 1. The lowest BCUT2D eigenvalue weighted by atomic mass is 10.1. The van der Waals surface area contributed by atoms with Crippen LogP contribution in [0.2, 0.25) is 0 Å². The first-order valence-electron chi connectivity index (χ1n) is 9.25. The summed E-state index contributed by atoms with van der Waals surface area (Å²) in [5.41, 5.74) is 1.06. The number of nitrogens with one attached hydrogen (secondary N) is 1. The molecule has 3 aromatic rings. The minimum atomic E-state index is -3.84. The van der Waals surface area contributed by atoms with Crippen LogP contribution in [0.25, 0.3) is 10.9 Å². The zero-order chi connectivity index (χ0) is 21.3. The molecular weight excluding hydrogens is 408 g/mol. The molecular formula is C20H18N4O5S. The van der Waals surface area contributed by atoms with Crippen molar-refractivity contribution < 1.29 is 18.1 Å². The molecule has 1 N–H and O–H groups in total. The Labute approximate surface area is 172 Å². The van der Waals surface area contributed by atoms with Gasteiger partial charge in [-0.2, -0.15) is 4.31 Å². The quantitative estimate of drug-likeness (QED) is 0.494. The van der Waals surface area contributed by atoms with Crippen LogP contribution >= 0.6 is 0 Å². The first-order chi connectivity index (χ1) is 14.4. The SMILES string of the molecule is O=C(Nc1cccc2cccnc12)C1CCN(S(=O)(=O)c2ccc([N+](=O)[O-])cc2)C1. The fraction of sp³-hybridized carbons (Fsp3) is 0.200. The van der Waals surface area contributed by atoms with Gasteiger partial charge in [-0.25, -0.2) is 8.42 Å². The summed E-state index contributed by atoms with van der Waals surface area (Å²) in [5.74, 6) is -0.772. The van der Waals surface area contributed by atoms with Gasteiger partial charge < -0.3 is 5.32 Å². The van der Waals surface area contributed by atoms with Gasteiger partial charge in [-0.15, -0.1) is 0 Å². The number of para-hydroxylation sites is 1. The fourth-order valence-electron chi connectivity index (χ4n) is 3.49. The number of nitro benzene ring substituents is 1. The van der Waals surface area contributed by atoms with Gasteiger partial charge in [-0.05, 0) is 30.7 Å². The van der Waals surface area contributed by atoms with Crippen molar-refractivity contribution in [1.82, 2.24) is 9.29 Å². The number of rotatable bonds is 5. The lowest BCUT2D eigenvalue weighted by Crippen LogP contribution is -2.31. The van der Waals surface area contributed by atoms with Crippen LogP contribution in [0.15, 0.2) is 65.7 Å². The predicted molar refractivity (Wildman–Crippen MR) is 110 cm³/mol. The Morgan fingerprint density at radius 1 is 1.13 bits per heavy atom. The largest absolute Gasteiger partial charge is 0.324 e. The Balaban J connectivity index is 1.48. The third-order valence-corrected chi connectivity index (χ3v) is 6.98. The molecule has 1 saturated heterocycles. The Hall–Kier alpha value is -3.37. The van der Waals surface area contributed by atoms with E-state index in [1.54, 1.807) is 12.3 Å². The van der Waals surface area contributed by atoms with Crippen LogP contribution in [0.4, 0.5) is 11.4 Å². The van der Waals surface area contributed by atoms with E-state index in [0.29, 0.717) is 17.6 Å². The van der Waals surface area contributed by atoms with E-state index in [4.69, 9.17) is 0 Å². The highest BCUT2D eigenvalue weighted by atomic mass is 32.2. The number of nitrogens with zero attached hydrogens (tertiary/aromatic N) is 3. The molecule has 1 aliphatic heterocycles. The van der Waals surface area contributed by atoms with Crippen molar-refractivity contribution in [3.8, 4) is 0 Å². The number of pyridine rings is 1. The highest BCUT2D eigenvalue weighted by molar-refractivity contribution is 7.89. The van der Waals surface area contributed by atoms with E-state index >= 15 is 0 Å². The topological polar surface area (TPSA) is 123 Å². The third kappa shape index (κ3) is 3.74. The molecule has 0 saturated carbocycles. The normalized spacial score (nSPS) is 17.1. The number of carbonyl (C=O) groups is 1. The van der Waals surface area contributed by atoms with Crippen LogP contribution in [0.3, 0.4) is 0 Å². The summed E-state index contributed by atoms with van der Waals surface area (Å²) >= 11 is 0. The molecule has 1 aromatic heterocycles. The van der Waals surface area contributed by atoms with E-state index in [1.807, 2.05) is 24.3 Å². The van der Waals surface area contributed by atoms with Gasteiger partial charge in [0.2, 0.25) is 15.9 Å². The summed E-state index contributed by atoms with van der Waals surface area (Å²) < 4.78 is 26.9. The van der Waals surface area contributed by atoms with Crippen molar-refractivity contribution >= 4 is 38.2 Å². The maximum absolute atomic E-state index is 12.8. The first-order valence-corrected chi connectivity index (χ1v) is 10.7. The molecule has 2 aromatic carbocycles. The number of anilines is 1. The minimum Gasteiger partial charge on any atom is -0.324 e. The molecule has 0 radical (unpaired) electrons. The molecule has 1 amide bonds. The molecule has 2 heterocycles. The number of hydrogen-bond donors (Lipinski definition) is 1. The average molecular weight is 426 g/mol. The van der Waals surface area contributed by atoms with E-state index < -0.39 is 20.9 Å². The van der Waals surface area contributed by atoms with Gasteiger partial charge >= 0.3 is 0 Å². The molecule has 0 aliphatic carbocycles. The molecule has 0 bridgehead atoms. The maximum Gasteiger partial charge on any atom is 0.269 e. The molecule has 30 heavy (non-hydrogen) atoms. The average Bonchev–Trinajstić information content (AvgIpc) is 3.25. The fourth-order valence-corrected chi connectivity index (χ4v) is 4.99. The highest BCUT2D eigenvalue weighted by Gasteiger charge is 2.36. The maximum atomic E-state index is 12.8. The Morgan fingerprint density at radius 2 is 1.87 bits per heavy atom. The first kappa shape index (κ1) is 19.9. The second kappa shape index (κ2) is 7.81. The molecule has 1 aliphatic rings. The second-order valence-electron chi connectivity index (χ2n) is 6.97. The van der Waals surface area contributed by atoms with E-state index in [9.17, 15) is 23.3 Å². The predicted octanol–water partition coefficient (Wildman–Crippen LogP) is 2.79. The van der Waals surface area contributed by atoms with Crippen molar-refractivity contribution in [3.63, 3.8) is 0 Å². The second-order valence-corrected chi connectivity index (χ2v) is 8.91. The molecule has 154 valence electrons. The van der Waals surface area contributed by atoms with Crippen molar-refractivity contribution in [2.75, 3.05) is 18.4 Å². The van der Waals surface area contributed by atoms with Gasteiger partial charge in [-0.3, -0.25) is 19.9 Å². The van der Waals surface area contributed by atoms with Crippen molar-refractivity contribution in [2.24, 2.45) is 5.92 Å². The van der Waals surface area contributed by atoms with Crippen molar-refractivity contribution in [3.05, 3.63) is 70.9 Å². The van der Waals surface area contributed by atoms with Crippen LogP contribution in [-0.4, -0.2) is 41.6 Å². The summed E-state index contributed by atoms with van der Waals surface area (Å²) in [7, 11) is -3.84. The monoisotopic (exact) mass is 426 g/mol. The summed E-state index contributed by atoms with van der Waals surface area (Å²) in [6.07, 6.45) is 2.03. The Kier molecular flexibility index (Phi) is 5.18. The lowest BCUT2D eigenvalue weighted by molar-refractivity contribution is -0.384. The summed E-state index contributed by atoms with van der Waals surface area (Å²) in [6, 6.07) is 13.9.